The van der Waals surface area contributed by atoms with E-state index in [1.807, 2.05) is 18.7 Å². The fraction of sp³-hybridized carbons (Fsp3) is 0.625. The number of piperazine rings is 1. The van der Waals surface area contributed by atoms with Crippen LogP contribution >= 0.6 is 12.4 Å². The molecule has 2 rings (SSSR count). The average molecular weight is 344 g/mol. The van der Waals surface area contributed by atoms with E-state index in [-0.39, 0.29) is 30.3 Å². The van der Waals surface area contributed by atoms with E-state index >= 15 is 0 Å². The number of amides is 1. The molecule has 1 aliphatic rings. The quantitative estimate of drug-likeness (QED) is 0.819. The third kappa shape index (κ3) is 4.06. The van der Waals surface area contributed by atoms with Crippen molar-refractivity contribution >= 4 is 24.3 Å². The fourth-order valence-corrected chi connectivity index (χ4v) is 3.01. The molecule has 7 heteroatoms. The number of carbonyl (C=O) groups excluding carboxylic acids is 2. The van der Waals surface area contributed by atoms with Gasteiger partial charge in [0.05, 0.1) is 12.7 Å². The van der Waals surface area contributed by atoms with Gasteiger partial charge in [-0.05, 0) is 25.8 Å². The Morgan fingerprint density at radius 2 is 2.09 bits per heavy atom. The molecule has 0 unspecified atom stereocenters. The van der Waals surface area contributed by atoms with Gasteiger partial charge in [-0.1, -0.05) is 13.3 Å². The van der Waals surface area contributed by atoms with Crippen LogP contribution < -0.4 is 5.32 Å². The van der Waals surface area contributed by atoms with Crippen LogP contribution in [0.1, 0.15) is 52.4 Å². The summed E-state index contributed by atoms with van der Waals surface area (Å²) in [6.45, 7) is 8.05. The number of H-pyrrole nitrogens is 1. The van der Waals surface area contributed by atoms with E-state index in [0.29, 0.717) is 36.5 Å². The second kappa shape index (κ2) is 8.36. The van der Waals surface area contributed by atoms with Crippen molar-refractivity contribution in [3.05, 3.63) is 22.5 Å². The molecule has 2 N–H and O–H groups in total. The SMILES string of the molecule is CCCc1c(C(=O)N2CCN[C@H](C)C2)[nH]c(C)c1C(=O)OC.Cl. The number of methoxy groups -OCH3 is 1. The zero-order valence-electron chi connectivity index (χ0n) is 14.2. The van der Waals surface area contributed by atoms with Gasteiger partial charge in [-0.25, -0.2) is 4.79 Å². The molecule has 130 valence electrons. The number of halogens is 1. The van der Waals surface area contributed by atoms with Crippen molar-refractivity contribution in [3.63, 3.8) is 0 Å². The lowest BCUT2D eigenvalue weighted by molar-refractivity contribution is 0.0599. The van der Waals surface area contributed by atoms with E-state index in [1.54, 1.807) is 0 Å². The summed E-state index contributed by atoms with van der Waals surface area (Å²) >= 11 is 0. The van der Waals surface area contributed by atoms with Crippen LogP contribution in [0.15, 0.2) is 0 Å². The summed E-state index contributed by atoms with van der Waals surface area (Å²) in [5.74, 6) is -0.417. The number of aryl methyl sites for hydroxylation is 1. The molecule has 1 amide bonds. The van der Waals surface area contributed by atoms with E-state index in [1.165, 1.54) is 7.11 Å². The molecular formula is C16H26ClN3O3. The number of hydrogen-bond acceptors (Lipinski definition) is 4. The van der Waals surface area contributed by atoms with Gasteiger partial charge in [-0.2, -0.15) is 0 Å². The summed E-state index contributed by atoms with van der Waals surface area (Å²) < 4.78 is 4.87. The molecule has 6 nitrogen and oxygen atoms in total. The van der Waals surface area contributed by atoms with Gasteiger partial charge in [0, 0.05) is 31.4 Å². The highest BCUT2D eigenvalue weighted by molar-refractivity contribution is 6.00. The first-order valence-corrected chi connectivity index (χ1v) is 7.82. The van der Waals surface area contributed by atoms with E-state index in [4.69, 9.17) is 4.74 Å². The van der Waals surface area contributed by atoms with Crippen molar-refractivity contribution < 1.29 is 14.3 Å². The lowest BCUT2D eigenvalue weighted by atomic mass is 10.0. The maximum Gasteiger partial charge on any atom is 0.339 e. The van der Waals surface area contributed by atoms with Gasteiger partial charge in [0.2, 0.25) is 0 Å². The van der Waals surface area contributed by atoms with Crippen molar-refractivity contribution in [2.45, 2.75) is 39.7 Å². The van der Waals surface area contributed by atoms with Crippen LogP contribution in [0, 0.1) is 6.92 Å². The largest absolute Gasteiger partial charge is 0.465 e. The van der Waals surface area contributed by atoms with E-state index in [0.717, 1.165) is 18.5 Å². The Bertz CT molecular complexity index is 571. The van der Waals surface area contributed by atoms with Crippen molar-refractivity contribution in [3.8, 4) is 0 Å². The Morgan fingerprint density at radius 3 is 2.65 bits per heavy atom. The van der Waals surface area contributed by atoms with Crippen LogP contribution in [-0.2, 0) is 11.2 Å². The Labute approximate surface area is 143 Å². The van der Waals surface area contributed by atoms with Gasteiger partial charge in [-0.3, -0.25) is 4.79 Å². The van der Waals surface area contributed by atoms with Crippen molar-refractivity contribution in [1.82, 2.24) is 15.2 Å². The van der Waals surface area contributed by atoms with Gasteiger partial charge in [0.25, 0.3) is 5.91 Å². The van der Waals surface area contributed by atoms with Crippen LogP contribution in [0.4, 0.5) is 0 Å². The molecule has 1 fully saturated rings. The fourth-order valence-electron chi connectivity index (χ4n) is 3.01. The zero-order chi connectivity index (χ0) is 16.3. The minimum absolute atomic E-state index is 0. The van der Waals surface area contributed by atoms with Gasteiger partial charge in [0.1, 0.15) is 5.69 Å². The molecule has 23 heavy (non-hydrogen) atoms. The maximum absolute atomic E-state index is 12.8. The molecular weight excluding hydrogens is 318 g/mol. The molecule has 0 aromatic carbocycles. The number of ether oxygens (including phenoxy) is 1. The molecule has 0 saturated carbocycles. The Morgan fingerprint density at radius 1 is 1.39 bits per heavy atom. The normalized spacial score (nSPS) is 17.6. The summed E-state index contributed by atoms with van der Waals surface area (Å²) in [5.41, 5.74) is 2.52. The van der Waals surface area contributed by atoms with Gasteiger partial charge in [0.15, 0.2) is 0 Å². The second-order valence-corrected chi connectivity index (χ2v) is 5.83. The van der Waals surface area contributed by atoms with Crippen LogP contribution in [-0.4, -0.2) is 54.5 Å². The predicted molar refractivity (Wildman–Crippen MR) is 91.5 cm³/mol. The van der Waals surface area contributed by atoms with E-state index in [9.17, 15) is 9.59 Å². The smallest absolute Gasteiger partial charge is 0.339 e. The number of aromatic nitrogens is 1. The summed E-state index contributed by atoms with van der Waals surface area (Å²) in [4.78, 5) is 29.8. The highest BCUT2D eigenvalue weighted by atomic mass is 35.5. The highest BCUT2D eigenvalue weighted by Gasteiger charge is 2.29. The van der Waals surface area contributed by atoms with E-state index in [2.05, 4.69) is 17.2 Å². The van der Waals surface area contributed by atoms with E-state index < -0.39 is 0 Å². The monoisotopic (exact) mass is 343 g/mol. The van der Waals surface area contributed by atoms with Gasteiger partial charge < -0.3 is 19.9 Å². The predicted octanol–water partition coefficient (Wildman–Crippen LogP) is 1.92. The van der Waals surface area contributed by atoms with Crippen LogP contribution in [0.3, 0.4) is 0 Å². The molecule has 0 aliphatic carbocycles. The Hall–Kier alpha value is -1.53. The maximum atomic E-state index is 12.8. The van der Waals surface area contributed by atoms with Crippen molar-refractivity contribution in [2.75, 3.05) is 26.7 Å². The first-order chi connectivity index (χ1) is 10.5. The number of hydrogen-bond donors (Lipinski definition) is 2. The molecule has 0 bridgehead atoms. The molecule has 2 heterocycles. The second-order valence-electron chi connectivity index (χ2n) is 5.83. The number of aromatic amines is 1. The Kier molecular flexibility index (Phi) is 7.09. The first kappa shape index (κ1) is 19.5. The summed E-state index contributed by atoms with van der Waals surface area (Å²) in [5, 5.41) is 3.32. The highest BCUT2D eigenvalue weighted by Crippen LogP contribution is 2.23. The number of nitrogens with zero attached hydrogens (tertiary/aromatic N) is 1. The summed E-state index contributed by atoms with van der Waals surface area (Å²) in [6.07, 6.45) is 1.54. The molecule has 1 aliphatic heterocycles. The molecule has 1 aromatic heterocycles. The van der Waals surface area contributed by atoms with Gasteiger partial charge in [-0.15, -0.1) is 12.4 Å². The standard InChI is InChI=1S/C16H25N3O3.ClH/c1-5-6-12-13(16(21)22-4)11(3)18-14(12)15(20)19-8-7-17-10(2)9-19;/h10,17-18H,5-9H2,1-4H3;1H/t10-;/m1./s1. The number of carbonyl (C=O) groups is 2. The van der Waals surface area contributed by atoms with Crippen molar-refractivity contribution in [1.29, 1.82) is 0 Å². The molecule has 0 spiro atoms. The summed E-state index contributed by atoms with van der Waals surface area (Å²) in [6, 6.07) is 0.281. The minimum Gasteiger partial charge on any atom is -0.465 e. The topological polar surface area (TPSA) is 74.4 Å². The van der Waals surface area contributed by atoms with Crippen molar-refractivity contribution in [2.24, 2.45) is 0 Å². The molecule has 1 aromatic rings. The van der Waals surface area contributed by atoms with Crippen LogP contribution in [0.25, 0.3) is 0 Å². The third-order valence-corrected chi connectivity index (χ3v) is 4.05. The number of nitrogens with one attached hydrogen (secondary N) is 2. The zero-order valence-corrected chi connectivity index (χ0v) is 15.0. The number of rotatable bonds is 4. The van der Waals surface area contributed by atoms with Gasteiger partial charge >= 0.3 is 5.97 Å². The summed E-state index contributed by atoms with van der Waals surface area (Å²) in [7, 11) is 1.37. The third-order valence-electron chi connectivity index (χ3n) is 4.05. The Balaban J connectivity index is 0.00000264. The molecule has 1 atom stereocenters. The average Bonchev–Trinajstić information content (AvgIpc) is 2.83. The molecule has 0 radical (unpaired) electrons. The number of esters is 1. The first-order valence-electron chi connectivity index (χ1n) is 7.82. The molecule has 1 saturated heterocycles. The minimum atomic E-state index is -0.384. The lowest BCUT2D eigenvalue weighted by Crippen LogP contribution is -2.51. The lowest BCUT2D eigenvalue weighted by Gasteiger charge is -2.31. The van der Waals surface area contributed by atoms with Crippen LogP contribution in [0.2, 0.25) is 0 Å². The van der Waals surface area contributed by atoms with Crippen LogP contribution in [0.5, 0.6) is 0 Å².